The zero-order valence-electron chi connectivity index (χ0n) is 18.3. The summed E-state index contributed by atoms with van der Waals surface area (Å²) in [5.74, 6) is 0.116. The molecule has 1 fully saturated rings. The Morgan fingerprint density at radius 3 is 1.96 bits per heavy atom. The summed E-state index contributed by atoms with van der Waals surface area (Å²) in [6.07, 6.45) is -1.79. The second-order valence-corrected chi connectivity index (χ2v) is 6.12. The van der Waals surface area contributed by atoms with E-state index in [0.717, 1.165) is 18.6 Å². The number of alkyl halides is 3. The number of hydrogen-bond donors (Lipinski definition) is 0. The molecule has 158 valence electrons. The normalized spacial score (nSPS) is 15.5. The van der Waals surface area contributed by atoms with Crippen LogP contribution in [0, 0.1) is 5.92 Å². The van der Waals surface area contributed by atoms with Gasteiger partial charge in [-0.1, -0.05) is 61.8 Å². The lowest BCUT2D eigenvalue weighted by atomic mass is 10.0. The Balaban J connectivity index is 0. The van der Waals surface area contributed by atoms with Gasteiger partial charge in [0, 0.05) is 18.7 Å². The molecule has 0 unspecified atom stereocenters. The molecule has 1 aliphatic rings. The average molecular weight is 390 g/mol. The number of benzene rings is 1. The number of nitrogens with zero attached hydrogens (tertiary/aromatic N) is 1. The Kier molecular flexibility index (Phi) is 14.9. The SMILES string of the molecule is CC.CC.CCC.CCc1cc(C(=O)N2CC[C@@H](C)C2)cc(C(F)(F)F)c1. The fourth-order valence-corrected chi connectivity index (χ4v) is 2.49. The van der Waals surface area contributed by atoms with Gasteiger partial charge >= 0.3 is 6.18 Å². The zero-order chi connectivity index (χ0) is 21.6. The molecule has 0 N–H and O–H groups in total. The minimum absolute atomic E-state index is 0.144. The molecule has 1 atom stereocenters. The highest BCUT2D eigenvalue weighted by Gasteiger charge is 2.32. The Bertz CT molecular complexity index is 527. The van der Waals surface area contributed by atoms with Crippen LogP contribution in [0.25, 0.3) is 0 Å². The summed E-state index contributed by atoms with van der Waals surface area (Å²) in [5, 5.41) is 0. The second-order valence-electron chi connectivity index (χ2n) is 6.12. The molecule has 1 saturated heterocycles. The molecule has 1 aromatic rings. The summed E-state index contributed by atoms with van der Waals surface area (Å²) in [6.45, 7) is 17.3. The molecular weight excluding hydrogens is 351 g/mol. The number of carbonyl (C=O) groups excluding carboxylic acids is 1. The first-order valence-electron chi connectivity index (χ1n) is 10.2. The van der Waals surface area contributed by atoms with Crippen molar-refractivity contribution in [3.05, 3.63) is 34.9 Å². The molecule has 1 heterocycles. The lowest BCUT2D eigenvalue weighted by Gasteiger charge is -2.18. The Morgan fingerprint density at radius 2 is 1.59 bits per heavy atom. The monoisotopic (exact) mass is 389 g/mol. The van der Waals surface area contributed by atoms with E-state index in [1.807, 2.05) is 34.6 Å². The van der Waals surface area contributed by atoms with Gasteiger partial charge in [0.2, 0.25) is 0 Å². The second kappa shape index (κ2) is 14.5. The van der Waals surface area contributed by atoms with Crippen LogP contribution in [0.2, 0.25) is 0 Å². The fourth-order valence-electron chi connectivity index (χ4n) is 2.49. The van der Waals surface area contributed by atoms with Gasteiger partial charge in [0.25, 0.3) is 5.91 Å². The van der Waals surface area contributed by atoms with Gasteiger partial charge in [-0.15, -0.1) is 0 Å². The van der Waals surface area contributed by atoms with E-state index in [1.165, 1.54) is 6.42 Å². The summed E-state index contributed by atoms with van der Waals surface area (Å²) in [4.78, 5) is 13.9. The van der Waals surface area contributed by atoms with Crippen LogP contribution in [0.1, 0.15) is 89.7 Å². The molecule has 0 spiro atoms. The molecule has 27 heavy (non-hydrogen) atoms. The summed E-state index contributed by atoms with van der Waals surface area (Å²) in [6, 6.07) is 3.65. The van der Waals surface area contributed by atoms with Crippen LogP contribution < -0.4 is 0 Å². The molecule has 0 bridgehead atoms. The molecule has 1 aromatic carbocycles. The van der Waals surface area contributed by atoms with Crippen molar-refractivity contribution in [2.45, 2.75) is 80.8 Å². The van der Waals surface area contributed by atoms with Crippen LogP contribution in [0.15, 0.2) is 18.2 Å². The van der Waals surface area contributed by atoms with E-state index < -0.39 is 11.7 Å². The van der Waals surface area contributed by atoms with Crippen LogP contribution >= 0.6 is 0 Å². The first-order chi connectivity index (χ1) is 12.7. The van der Waals surface area contributed by atoms with Crippen molar-refractivity contribution in [1.82, 2.24) is 4.90 Å². The lowest BCUT2D eigenvalue weighted by molar-refractivity contribution is -0.137. The molecule has 5 heteroatoms. The smallest absolute Gasteiger partial charge is 0.338 e. The number of likely N-dealkylation sites (tertiary alicyclic amines) is 1. The van der Waals surface area contributed by atoms with Crippen molar-refractivity contribution in [3.63, 3.8) is 0 Å². The molecular formula is C22H38F3NO. The standard InChI is InChI=1S/C15H18F3NO.C3H8.2C2H6/c1-3-11-6-12(8-13(7-11)15(16,17)18)14(20)19-5-4-10(2)9-19;1-3-2;2*1-2/h6-8,10H,3-5,9H2,1-2H3;3H2,1-2H3;2*1-2H3/t10-;;;/m1.../s1. The van der Waals surface area contributed by atoms with Crippen molar-refractivity contribution < 1.29 is 18.0 Å². The van der Waals surface area contributed by atoms with Crippen molar-refractivity contribution in [1.29, 1.82) is 0 Å². The highest BCUT2D eigenvalue weighted by molar-refractivity contribution is 5.94. The fraction of sp³-hybridized carbons (Fsp3) is 0.682. The van der Waals surface area contributed by atoms with Crippen LogP contribution in [0.4, 0.5) is 13.2 Å². The predicted molar refractivity (Wildman–Crippen MR) is 109 cm³/mol. The third-order valence-electron chi connectivity index (χ3n) is 3.69. The van der Waals surface area contributed by atoms with Crippen LogP contribution in [-0.4, -0.2) is 23.9 Å². The Labute approximate surface area is 164 Å². The maximum atomic E-state index is 12.9. The molecule has 2 rings (SSSR count). The summed E-state index contributed by atoms with van der Waals surface area (Å²) < 4.78 is 38.6. The van der Waals surface area contributed by atoms with Gasteiger partial charge < -0.3 is 4.90 Å². The number of carbonyl (C=O) groups is 1. The molecule has 1 aliphatic heterocycles. The topological polar surface area (TPSA) is 20.3 Å². The highest BCUT2D eigenvalue weighted by atomic mass is 19.4. The van der Waals surface area contributed by atoms with Gasteiger partial charge in [0.1, 0.15) is 0 Å². The quantitative estimate of drug-likeness (QED) is 0.523. The van der Waals surface area contributed by atoms with Gasteiger partial charge in [0.05, 0.1) is 5.56 Å². The number of aryl methyl sites for hydroxylation is 1. The first-order valence-corrected chi connectivity index (χ1v) is 10.2. The number of rotatable bonds is 2. The van der Waals surface area contributed by atoms with Gasteiger partial charge in [-0.3, -0.25) is 4.79 Å². The van der Waals surface area contributed by atoms with E-state index in [4.69, 9.17) is 0 Å². The first kappa shape index (κ1) is 27.7. The molecule has 0 aromatic heterocycles. The zero-order valence-corrected chi connectivity index (χ0v) is 18.3. The average Bonchev–Trinajstić information content (AvgIpc) is 3.10. The Hall–Kier alpha value is -1.52. The van der Waals surface area contributed by atoms with E-state index in [9.17, 15) is 18.0 Å². The number of hydrogen-bond acceptors (Lipinski definition) is 1. The van der Waals surface area contributed by atoms with Crippen LogP contribution in [0.5, 0.6) is 0 Å². The van der Waals surface area contributed by atoms with E-state index in [1.54, 1.807) is 17.9 Å². The van der Waals surface area contributed by atoms with Crippen molar-refractivity contribution in [2.75, 3.05) is 13.1 Å². The van der Waals surface area contributed by atoms with Crippen molar-refractivity contribution >= 4 is 5.91 Å². The molecule has 0 radical (unpaired) electrons. The minimum atomic E-state index is -4.42. The van der Waals surface area contributed by atoms with Gasteiger partial charge in [-0.2, -0.15) is 13.2 Å². The van der Waals surface area contributed by atoms with Gasteiger partial charge in [-0.05, 0) is 42.5 Å². The van der Waals surface area contributed by atoms with Crippen molar-refractivity contribution in [3.8, 4) is 0 Å². The van der Waals surface area contributed by atoms with Crippen molar-refractivity contribution in [2.24, 2.45) is 5.92 Å². The summed E-state index contributed by atoms with van der Waals surface area (Å²) in [7, 11) is 0. The highest BCUT2D eigenvalue weighted by Crippen LogP contribution is 2.31. The lowest BCUT2D eigenvalue weighted by Crippen LogP contribution is -2.28. The molecule has 0 saturated carbocycles. The van der Waals surface area contributed by atoms with Gasteiger partial charge in [0.15, 0.2) is 0 Å². The molecule has 0 aliphatic carbocycles. The summed E-state index contributed by atoms with van der Waals surface area (Å²) in [5.41, 5.74) is -0.0614. The van der Waals surface area contributed by atoms with Gasteiger partial charge in [-0.25, -0.2) is 0 Å². The third-order valence-corrected chi connectivity index (χ3v) is 3.69. The number of halogens is 3. The maximum absolute atomic E-state index is 12.9. The van der Waals surface area contributed by atoms with E-state index in [-0.39, 0.29) is 11.5 Å². The maximum Gasteiger partial charge on any atom is 0.416 e. The predicted octanol–water partition coefficient (Wildman–Crippen LogP) is 7.22. The summed E-state index contributed by atoms with van der Waals surface area (Å²) >= 11 is 0. The third kappa shape index (κ3) is 9.83. The van der Waals surface area contributed by atoms with E-state index in [0.29, 0.717) is 31.0 Å². The Morgan fingerprint density at radius 1 is 1.07 bits per heavy atom. The number of amides is 1. The largest absolute Gasteiger partial charge is 0.416 e. The molecule has 2 nitrogen and oxygen atoms in total. The van der Waals surface area contributed by atoms with Crippen LogP contribution in [0.3, 0.4) is 0 Å². The van der Waals surface area contributed by atoms with E-state index >= 15 is 0 Å². The minimum Gasteiger partial charge on any atom is -0.338 e. The van der Waals surface area contributed by atoms with E-state index in [2.05, 4.69) is 13.8 Å². The molecule has 1 amide bonds. The van der Waals surface area contributed by atoms with Crippen LogP contribution in [-0.2, 0) is 12.6 Å².